The van der Waals surface area contributed by atoms with Crippen molar-refractivity contribution in [3.8, 4) is 5.75 Å². The molecule has 0 aliphatic carbocycles. The summed E-state index contributed by atoms with van der Waals surface area (Å²) < 4.78 is 0. The zero-order valence-corrected chi connectivity index (χ0v) is 12.8. The maximum atomic E-state index is 10.8. The van der Waals surface area contributed by atoms with Gasteiger partial charge < -0.3 is 10.4 Å². The van der Waals surface area contributed by atoms with E-state index in [0.29, 0.717) is 23.7 Å². The molecule has 0 fully saturated rings. The maximum absolute atomic E-state index is 10.8. The van der Waals surface area contributed by atoms with E-state index in [1.54, 1.807) is 6.07 Å². The Morgan fingerprint density at radius 2 is 2.10 bits per heavy atom. The summed E-state index contributed by atoms with van der Waals surface area (Å²) >= 11 is 11.6. The van der Waals surface area contributed by atoms with Gasteiger partial charge in [0.25, 0.3) is 0 Å². The molecule has 0 aliphatic rings. The number of aromatic hydroxyl groups is 1. The van der Waals surface area contributed by atoms with Gasteiger partial charge in [-0.15, -0.1) is 0 Å². The first kappa shape index (κ1) is 16.5. The molecule has 0 amide bonds. The summed E-state index contributed by atoms with van der Waals surface area (Å²) in [5, 5.41) is 13.4. The van der Waals surface area contributed by atoms with Gasteiger partial charge in [0, 0.05) is 29.0 Å². The van der Waals surface area contributed by atoms with Gasteiger partial charge in [-0.1, -0.05) is 23.2 Å². The number of nitrogens with one attached hydrogen (secondary N) is 1. The third kappa shape index (κ3) is 5.63. The van der Waals surface area contributed by atoms with E-state index in [2.05, 4.69) is 10.3 Å². The highest BCUT2D eigenvalue weighted by atomic mass is 35.5. The minimum Gasteiger partial charge on any atom is -0.506 e. The number of allylic oxidation sites excluding steroid dienone is 2. The largest absolute Gasteiger partial charge is 0.506 e. The van der Waals surface area contributed by atoms with Crippen LogP contribution in [-0.4, -0.2) is 30.2 Å². The van der Waals surface area contributed by atoms with E-state index in [-0.39, 0.29) is 16.6 Å². The van der Waals surface area contributed by atoms with Crippen LogP contribution in [0.25, 0.3) is 0 Å². The van der Waals surface area contributed by atoms with Crippen LogP contribution in [0.4, 0.5) is 0 Å². The Bertz CT molecular complexity index is 554. The molecule has 0 bridgehead atoms. The van der Waals surface area contributed by atoms with Crippen molar-refractivity contribution in [3.63, 3.8) is 0 Å². The number of hydrogen-bond acceptors (Lipinski definition) is 4. The van der Waals surface area contributed by atoms with Gasteiger partial charge in [-0.3, -0.25) is 9.79 Å². The van der Waals surface area contributed by atoms with Crippen LogP contribution in [0.15, 0.2) is 28.9 Å². The monoisotopic (exact) mass is 314 g/mol. The first-order valence-corrected chi connectivity index (χ1v) is 6.76. The number of ketones is 1. The second-order valence-electron chi connectivity index (χ2n) is 4.23. The van der Waals surface area contributed by atoms with Gasteiger partial charge in [-0.2, -0.15) is 0 Å². The average Bonchev–Trinajstić information content (AvgIpc) is 2.33. The molecule has 0 aromatic heterocycles. The molecule has 0 atom stereocenters. The minimum atomic E-state index is -0.0413. The zero-order chi connectivity index (χ0) is 15.1. The number of carbonyl (C=O) groups excluding carboxylic acids is 1. The second kappa shape index (κ2) is 7.92. The molecule has 1 aromatic carbocycles. The lowest BCUT2D eigenvalue weighted by Crippen LogP contribution is -2.16. The molecule has 1 rings (SSSR count). The molecule has 2 N–H and O–H groups in total. The quantitative estimate of drug-likeness (QED) is 0.481. The van der Waals surface area contributed by atoms with Gasteiger partial charge in [0.2, 0.25) is 0 Å². The fourth-order valence-electron chi connectivity index (χ4n) is 1.52. The SMILES string of the molecule is CC(=O)/C=C(/C)NCCN=Cc1cc(Cl)cc(Cl)c1O. The molecule has 0 saturated carbocycles. The molecule has 6 heteroatoms. The van der Waals surface area contributed by atoms with E-state index in [1.807, 2.05) is 6.92 Å². The van der Waals surface area contributed by atoms with Gasteiger partial charge in [0.1, 0.15) is 5.75 Å². The summed E-state index contributed by atoms with van der Waals surface area (Å²) in [6, 6.07) is 3.05. The highest BCUT2D eigenvalue weighted by Crippen LogP contribution is 2.29. The van der Waals surface area contributed by atoms with Gasteiger partial charge in [-0.05, 0) is 32.1 Å². The molecule has 4 nitrogen and oxygen atoms in total. The zero-order valence-electron chi connectivity index (χ0n) is 11.3. The van der Waals surface area contributed by atoms with Gasteiger partial charge >= 0.3 is 0 Å². The average molecular weight is 315 g/mol. The summed E-state index contributed by atoms with van der Waals surface area (Å²) in [5.41, 5.74) is 1.26. The van der Waals surface area contributed by atoms with Crippen molar-refractivity contribution in [1.82, 2.24) is 5.32 Å². The lowest BCUT2D eigenvalue weighted by atomic mass is 10.2. The van der Waals surface area contributed by atoms with Crippen molar-refractivity contribution in [3.05, 3.63) is 39.5 Å². The highest BCUT2D eigenvalue weighted by Gasteiger charge is 2.05. The Morgan fingerprint density at radius 1 is 1.40 bits per heavy atom. The van der Waals surface area contributed by atoms with E-state index in [4.69, 9.17) is 23.2 Å². The smallest absolute Gasteiger partial charge is 0.154 e. The summed E-state index contributed by atoms with van der Waals surface area (Å²) in [5.74, 6) is -0.0441. The first-order chi connectivity index (χ1) is 9.40. The summed E-state index contributed by atoms with van der Waals surface area (Å²) in [7, 11) is 0. The van der Waals surface area contributed by atoms with Crippen molar-refractivity contribution in [2.45, 2.75) is 13.8 Å². The van der Waals surface area contributed by atoms with Crippen LogP contribution in [-0.2, 0) is 4.79 Å². The Morgan fingerprint density at radius 3 is 2.75 bits per heavy atom. The van der Waals surface area contributed by atoms with Crippen molar-refractivity contribution < 1.29 is 9.90 Å². The number of phenols is 1. The maximum Gasteiger partial charge on any atom is 0.154 e. The molecular formula is C14H16Cl2N2O2. The van der Waals surface area contributed by atoms with Crippen molar-refractivity contribution in [2.24, 2.45) is 4.99 Å². The molecule has 0 aliphatic heterocycles. The number of halogens is 2. The van der Waals surface area contributed by atoms with E-state index in [9.17, 15) is 9.90 Å². The topological polar surface area (TPSA) is 61.7 Å². The predicted molar refractivity (Wildman–Crippen MR) is 83.0 cm³/mol. The van der Waals surface area contributed by atoms with Gasteiger partial charge in [0.05, 0.1) is 11.6 Å². The molecule has 1 aromatic rings. The normalized spacial score (nSPS) is 11.9. The van der Waals surface area contributed by atoms with E-state index in [0.717, 1.165) is 5.70 Å². The van der Waals surface area contributed by atoms with Crippen LogP contribution < -0.4 is 5.32 Å². The Balaban J connectivity index is 2.52. The van der Waals surface area contributed by atoms with Crippen LogP contribution in [0.2, 0.25) is 10.0 Å². The van der Waals surface area contributed by atoms with Gasteiger partial charge in [0.15, 0.2) is 5.78 Å². The highest BCUT2D eigenvalue weighted by molar-refractivity contribution is 6.36. The van der Waals surface area contributed by atoms with Crippen LogP contribution in [0, 0.1) is 0 Å². The predicted octanol–water partition coefficient (Wildman–Crippen LogP) is 3.20. The molecule has 0 saturated heterocycles. The molecule has 0 spiro atoms. The van der Waals surface area contributed by atoms with Crippen LogP contribution in [0.1, 0.15) is 19.4 Å². The molecule has 0 heterocycles. The minimum absolute atomic E-state index is 0.00278. The van der Waals surface area contributed by atoms with Crippen molar-refractivity contribution in [2.75, 3.05) is 13.1 Å². The Labute approximate surface area is 128 Å². The molecular weight excluding hydrogens is 299 g/mol. The number of nitrogens with zero attached hydrogens (tertiary/aromatic N) is 1. The number of carbonyl (C=O) groups is 1. The van der Waals surface area contributed by atoms with Crippen LogP contribution >= 0.6 is 23.2 Å². The third-order valence-electron chi connectivity index (χ3n) is 2.35. The molecule has 0 unspecified atom stereocenters. The lowest BCUT2D eigenvalue weighted by Gasteiger charge is -2.04. The standard InChI is InChI=1S/C14H16Cl2N2O2/c1-9(5-10(2)19)18-4-3-17-8-11-6-12(15)7-13(16)14(11)20/h5-8,18,20H,3-4H2,1-2H3/b9-5-,17-8?. The number of aliphatic imine (C=N–C) groups is 1. The summed E-state index contributed by atoms with van der Waals surface area (Å²) in [4.78, 5) is 15.0. The number of rotatable bonds is 6. The molecule has 20 heavy (non-hydrogen) atoms. The third-order valence-corrected chi connectivity index (χ3v) is 2.86. The summed E-state index contributed by atoms with van der Waals surface area (Å²) in [6.07, 6.45) is 3.03. The van der Waals surface area contributed by atoms with E-state index < -0.39 is 0 Å². The van der Waals surface area contributed by atoms with Gasteiger partial charge in [-0.25, -0.2) is 0 Å². The Kier molecular flexibility index (Phi) is 6.55. The van der Waals surface area contributed by atoms with Crippen molar-refractivity contribution >= 4 is 35.2 Å². The second-order valence-corrected chi connectivity index (χ2v) is 5.07. The lowest BCUT2D eigenvalue weighted by molar-refractivity contribution is -0.112. The molecule has 108 valence electrons. The fourth-order valence-corrected chi connectivity index (χ4v) is 2.03. The van der Waals surface area contributed by atoms with E-state index >= 15 is 0 Å². The number of benzene rings is 1. The van der Waals surface area contributed by atoms with E-state index in [1.165, 1.54) is 25.3 Å². The molecule has 0 radical (unpaired) electrons. The number of phenolic OH excluding ortho intramolecular Hbond substituents is 1. The number of hydrogen-bond donors (Lipinski definition) is 2. The first-order valence-electron chi connectivity index (χ1n) is 6.00. The van der Waals surface area contributed by atoms with Crippen LogP contribution in [0.5, 0.6) is 5.75 Å². The summed E-state index contributed by atoms with van der Waals surface area (Å²) in [6.45, 7) is 4.39. The Hall–Kier alpha value is -1.52. The van der Waals surface area contributed by atoms with Crippen LogP contribution in [0.3, 0.4) is 0 Å². The fraction of sp³-hybridized carbons (Fsp3) is 0.286. The van der Waals surface area contributed by atoms with Crippen molar-refractivity contribution in [1.29, 1.82) is 0 Å².